The number of hydrazone groups is 1. The van der Waals surface area contributed by atoms with Gasteiger partial charge in [0.2, 0.25) is 0 Å². The van der Waals surface area contributed by atoms with Gasteiger partial charge in [-0.2, -0.15) is 5.10 Å². The smallest absolute Gasteiger partial charge is 0.168 e. The van der Waals surface area contributed by atoms with E-state index in [0.717, 1.165) is 0 Å². The van der Waals surface area contributed by atoms with Gasteiger partial charge in [0.25, 0.3) is 0 Å². The van der Waals surface area contributed by atoms with Crippen molar-refractivity contribution in [2.45, 2.75) is 0 Å². The van der Waals surface area contributed by atoms with Gasteiger partial charge in [0.1, 0.15) is 0 Å². The number of ether oxygens (including phenoxy) is 1. The molecule has 0 spiro atoms. The van der Waals surface area contributed by atoms with Crippen molar-refractivity contribution in [1.82, 2.24) is 0 Å². The summed E-state index contributed by atoms with van der Waals surface area (Å²) in [5.41, 5.74) is 0.577. The van der Waals surface area contributed by atoms with Crippen LogP contribution in [-0.2, 0) is 0 Å². The first-order valence-electron chi connectivity index (χ1n) is 3.45. The van der Waals surface area contributed by atoms with Crippen LogP contribution < -0.4 is 10.6 Å². The summed E-state index contributed by atoms with van der Waals surface area (Å²) in [6, 6.07) is 2.96. The first-order chi connectivity index (χ1) is 6.19. The molecule has 0 unspecified atom stereocenters. The van der Waals surface area contributed by atoms with E-state index < -0.39 is 5.82 Å². The lowest BCUT2D eigenvalue weighted by Crippen LogP contribution is -1.93. The van der Waals surface area contributed by atoms with Crippen molar-refractivity contribution < 1.29 is 9.13 Å². The molecule has 0 amide bonds. The Hall–Kier alpha value is -1.10. The fraction of sp³-hybridized carbons (Fsp3) is 0.125. The van der Waals surface area contributed by atoms with Crippen LogP contribution in [0.4, 0.5) is 4.39 Å². The van der Waals surface area contributed by atoms with Crippen molar-refractivity contribution in [2.75, 3.05) is 7.11 Å². The van der Waals surface area contributed by atoms with Gasteiger partial charge >= 0.3 is 0 Å². The van der Waals surface area contributed by atoms with E-state index in [9.17, 15) is 4.39 Å². The zero-order valence-corrected chi connectivity index (χ0v) is 8.51. The summed E-state index contributed by atoms with van der Waals surface area (Å²) in [5.74, 6) is 4.65. The van der Waals surface area contributed by atoms with Crippen molar-refractivity contribution >= 4 is 22.1 Å². The van der Waals surface area contributed by atoms with Crippen LogP contribution >= 0.6 is 15.9 Å². The van der Waals surface area contributed by atoms with Crippen molar-refractivity contribution in [3.8, 4) is 5.75 Å². The van der Waals surface area contributed by atoms with Gasteiger partial charge in [-0.25, -0.2) is 4.39 Å². The van der Waals surface area contributed by atoms with Crippen molar-refractivity contribution in [3.05, 3.63) is 28.0 Å². The first kappa shape index (κ1) is 9.98. The van der Waals surface area contributed by atoms with Gasteiger partial charge in [0.15, 0.2) is 11.6 Å². The van der Waals surface area contributed by atoms with Crippen molar-refractivity contribution in [3.63, 3.8) is 0 Å². The Labute approximate surface area is 83.5 Å². The average Bonchev–Trinajstić information content (AvgIpc) is 2.04. The van der Waals surface area contributed by atoms with E-state index >= 15 is 0 Å². The summed E-state index contributed by atoms with van der Waals surface area (Å²) in [7, 11) is 1.40. The number of methoxy groups -OCH3 is 1. The second kappa shape index (κ2) is 4.23. The number of benzene rings is 1. The molecule has 0 fully saturated rings. The van der Waals surface area contributed by atoms with Crippen LogP contribution in [0.25, 0.3) is 0 Å². The Morgan fingerprint density at radius 3 is 2.77 bits per heavy atom. The molecule has 1 aromatic rings. The molecular formula is C8H8BrFN2O. The largest absolute Gasteiger partial charge is 0.492 e. The van der Waals surface area contributed by atoms with E-state index in [4.69, 9.17) is 10.6 Å². The lowest BCUT2D eigenvalue weighted by molar-refractivity contribution is 0.384. The fourth-order valence-electron chi connectivity index (χ4n) is 0.935. The van der Waals surface area contributed by atoms with Crippen LogP contribution in [0.5, 0.6) is 5.75 Å². The van der Waals surface area contributed by atoms with E-state index in [1.807, 2.05) is 0 Å². The minimum atomic E-state index is -0.452. The van der Waals surface area contributed by atoms with Gasteiger partial charge in [-0.3, -0.25) is 0 Å². The molecule has 1 aromatic carbocycles. The SMILES string of the molecule is COc1c(F)cc(C=NN)cc1Br. The molecule has 5 heteroatoms. The quantitative estimate of drug-likeness (QED) is 0.492. The molecule has 0 aliphatic heterocycles. The predicted molar refractivity (Wildman–Crippen MR) is 52.4 cm³/mol. The van der Waals surface area contributed by atoms with Gasteiger partial charge in [-0.05, 0) is 33.6 Å². The highest BCUT2D eigenvalue weighted by atomic mass is 79.9. The van der Waals surface area contributed by atoms with Crippen LogP contribution in [-0.4, -0.2) is 13.3 Å². The summed E-state index contributed by atoms with van der Waals surface area (Å²) < 4.78 is 18.5. The molecule has 0 aromatic heterocycles. The molecule has 0 aliphatic carbocycles. The third kappa shape index (κ3) is 2.18. The third-order valence-electron chi connectivity index (χ3n) is 1.45. The predicted octanol–water partition coefficient (Wildman–Crippen LogP) is 1.89. The van der Waals surface area contributed by atoms with Crippen LogP contribution in [0, 0.1) is 5.82 Å². The monoisotopic (exact) mass is 246 g/mol. The van der Waals surface area contributed by atoms with Gasteiger partial charge < -0.3 is 10.6 Å². The summed E-state index contributed by atoms with van der Waals surface area (Å²) in [6.07, 6.45) is 1.35. The first-order valence-corrected chi connectivity index (χ1v) is 4.24. The van der Waals surface area contributed by atoms with Crippen LogP contribution in [0.15, 0.2) is 21.7 Å². The molecule has 2 N–H and O–H groups in total. The van der Waals surface area contributed by atoms with Crippen LogP contribution in [0.2, 0.25) is 0 Å². The van der Waals surface area contributed by atoms with Gasteiger partial charge in [0.05, 0.1) is 17.8 Å². The molecule has 0 bridgehead atoms. The number of hydrogen-bond donors (Lipinski definition) is 1. The lowest BCUT2D eigenvalue weighted by Gasteiger charge is -2.04. The number of hydrogen-bond acceptors (Lipinski definition) is 3. The molecule has 0 saturated heterocycles. The average molecular weight is 247 g/mol. The standard InChI is InChI=1S/C8H8BrFN2O/c1-13-8-6(9)2-5(4-12-11)3-7(8)10/h2-4H,11H2,1H3. The van der Waals surface area contributed by atoms with Gasteiger partial charge in [-0.1, -0.05) is 0 Å². The number of nitrogens with zero attached hydrogens (tertiary/aromatic N) is 1. The van der Waals surface area contributed by atoms with Gasteiger partial charge in [0, 0.05) is 0 Å². The zero-order valence-electron chi connectivity index (χ0n) is 6.92. The Morgan fingerprint density at radius 1 is 1.62 bits per heavy atom. The summed E-state index contributed by atoms with van der Waals surface area (Å²) >= 11 is 3.16. The summed E-state index contributed by atoms with van der Waals surface area (Å²) in [5, 5.41) is 3.29. The number of halogens is 2. The van der Waals surface area contributed by atoms with Crippen molar-refractivity contribution in [2.24, 2.45) is 10.9 Å². The molecule has 1 rings (SSSR count). The fourth-order valence-corrected chi connectivity index (χ4v) is 1.55. The molecular weight excluding hydrogens is 239 g/mol. The minimum Gasteiger partial charge on any atom is -0.492 e. The molecule has 0 heterocycles. The summed E-state index contributed by atoms with van der Waals surface area (Å²) in [6.45, 7) is 0. The highest BCUT2D eigenvalue weighted by Crippen LogP contribution is 2.28. The number of rotatable bonds is 2. The zero-order chi connectivity index (χ0) is 9.84. The van der Waals surface area contributed by atoms with Crippen LogP contribution in [0.3, 0.4) is 0 Å². The number of nitrogens with two attached hydrogens (primary N) is 1. The molecule has 0 radical (unpaired) electrons. The highest BCUT2D eigenvalue weighted by molar-refractivity contribution is 9.10. The normalized spacial score (nSPS) is 10.7. The van der Waals surface area contributed by atoms with E-state index in [1.165, 1.54) is 19.4 Å². The van der Waals surface area contributed by atoms with E-state index in [0.29, 0.717) is 10.0 Å². The van der Waals surface area contributed by atoms with E-state index in [1.54, 1.807) is 6.07 Å². The Morgan fingerprint density at radius 2 is 2.31 bits per heavy atom. The maximum Gasteiger partial charge on any atom is 0.168 e. The highest BCUT2D eigenvalue weighted by Gasteiger charge is 2.08. The molecule has 70 valence electrons. The second-order valence-electron chi connectivity index (χ2n) is 2.30. The van der Waals surface area contributed by atoms with Gasteiger partial charge in [-0.15, -0.1) is 0 Å². The topological polar surface area (TPSA) is 47.6 Å². The lowest BCUT2D eigenvalue weighted by atomic mass is 10.2. The Balaban J connectivity index is 3.20. The van der Waals surface area contributed by atoms with E-state index in [2.05, 4.69) is 21.0 Å². The Bertz CT molecular complexity index is 318. The molecule has 0 atom stereocenters. The second-order valence-corrected chi connectivity index (χ2v) is 3.15. The third-order valence-corrected chi connectivity index (χ3v) is 2.04. The van der Waals surface area contributed by atoms with Crippen LogP contribution in [0.1, 0.15) is 5.56 Å². The maximum atomic E-state index is 13.2. The van der Waals surface area contributed by atoms with Crippen molar-refractivity contribution in [1.29, 1.82) is 0 Å². The van der Waals surface area contributed by atoms with E-state index in [-0.39, 0.29) is 5.75 Å². The molecule has 13 heavy (non-hydrogen) atoms. The Kier molecular flexibility index (Phi) is 3.25. The summed E-state index contributed by atoms with van der Waals surface area (Å²) in [4.78, 5) is 0. The maximum absolute atomic E-state index is 13.2. The molecule has 0 aliphatic rings. The molecule has 3 nitrogen and oxygen atoms in total. The molecule has 0 saturated carbocycles. The minimum absolute atomic E-state index is 0.175.